The molecule has 1 saturated carbocycles. The van der Waals surface area contributed by atoms with E-state index in [9.17, 15) is 4.79 Å². The second kappa shape index (κ2) is 6.78. The van der Waals surface area contributed by atoms with Crippen molar-refractivity contribution in [2.45, 2.75) is 37.8 Å². The molecule has 2 aliphatic rings. The first-order valence-electron chi connectivity index (χ1n) is 9.58. The van der Waals surface area contributed by atoms with E-state index in [4.69, 9.17) is 4.74 Å². The quantitative estimate of drug-likeness (QED) is 0.730. The number of aromatic nitrogens is 5. The lowest BCUT2D eigenvalue weighted by molar-refractivity contribution is 0.0907. The van der Waals surface area contributed by atoms with Gasteiger partial charge in [-0.05, 0) is 36.6 Å². The van der Waals surface area contributed by atoms with E-state index >= 15 is 0 Å². The van der Waals surface area contributed by atoms with E-state index in [0.29, 0.717) is 24.6 Å². The van der Waals surface area contributed by atoms with Crippen molar-refractivity contribution < 1.29 is 9.53 Å². The molecule has 8 nitrogen and oxygen atoms in total. The van der Waals surface area contributed by atoms with Gasteiger partial charge < -0.3 is 19.2 Å². The SMILES string of the molecule is Cn1c(Cn2ccnc2)nnc1C1CC(NC(=O)c2ccc3c(c2)CCO3)C1. The molecule has 5 rings (SSSR count). The molecule has 0 saturated heterocycles. The minimum absolute atomic E-state index is 0.0167. The number of benzene rings is 1. The first-order chi connectivity index (χ1) is 13.7. The fourth-order valence-corrected chi connectivity index (χ4v) is 3.96. The Hall–Kier alpha value is -3.16. The monoisotopic (exact) mass is 378 g/mol. The summed E-state index contributed by atoms with van der Waals surface area (Å²) in [5.41, 5.74) is 1.82. The molecule has 28 heavy (non-hydrogen) atoms. The number of carbonyl (C=O) groups is 1. The first-order valence-corrected chi connectivity index (χ1v) is 9.58. The Morgan fingerprint density at radius 3 is 3.04 bits per heavy atom. The van der Waals surface area contributed by atoms with Crippen LogP contribution in [0.5, 0.6) is 5.75 Å². The van der Waals surface area contributed by atoms with Gasteiger partial charge in [0.05, 0.1) is 19.5 Å². The maximum atomic E-state index is 12.5. The summed E-state index contributed by atoms with van der Waals surface area (Å²) in [5.74, 6) is 3.09. The molecule has 1 fully saturated rings. The summed E-state index contributed by atoms with van der Waals surface area (Å²) in [6, 6.07) is 5.85. The molecule has 2 aromatic heterocycles. The van der Waals surface area contributed by atoms with Crippen molar-refractivity contribution in [1.82, 2.24) is 29.6 Å². The largest absolute Gasteiger partial charge is 0.493 e. The van der Waals surface area contributed by atoms with Crippen molar-refractivity contribution in [2.75, 3.05) is 6.61 Å². The number of hydrogen-bond donors (Lipinski definition) is 1. The molecule has 1 amide bonds. The third-order valence-corrected chi connectivity index (χ3v) is 5.67. The molecule has 3 heterocycles. The second-order valence-electron chi connectivity index (χ2n) is 7.53. The van der Waals surface area contributed by atoms with E-state index in [1.165, 1.54) is 0 Å². The predicted molar refractivity (Wildman–Crippen MR) is 101 cm³/mol. The predicted octanol–water partition coefficient (Wildman–Crippen LogP) is 1.67. The Morgan fingerprint density at radius 2 is 2.21 bits per heavy atom. The van der Waals surface area contributed by atoms with Gasteiger partial charge in [0, 0.05) is 43.4 Å². The van der Waals surface area contributed by atoms with Crippen molar-refractivity contribution in [1.29, 1.82) is 0 Å². The molecule has 1 aliphatic heterocycles. The third-order valence-electron chi connectivity index (χ3n) is 5.67. The van der Waals surface area contributed by atoms with E-state index in [2.05, 4.69) is 25.1 Å². The first kappa shape index (κ1) is 17.0. The molecule has 0 atom stereocenters. The van der Waals surface area contributed by atoms with Crippen LogP contribution < -0.4 is 10.1 Å². The minimum atomic E-state index is -0.0167. The Labute approximate surface area is 162 Å². The molecule has 1 N–H and O–H groups in total. The summed E-state index contributed by atoms with van der Waals surface area (Å²) in [7, 11) is 2.00. The molecular formula is C20H22N6O2. The standard InChI is InChI=1S/C20H22N6O2/c1-25-18(11-26-6-5-21-12-26)23-24-19(25)15-9-16(10-15)22-20(27)14-2-3-17-13(8-14)4-7-28-17/h2-3,5-6,8,12,15-16H,4,7,9-11H2,1H3,(H,22,27). The Balaban J connectivity index is 1.19. The summed E-state index contributed by atoms with van der Waals surface area (Å²) in [6.45, 7) is 1.35. The lowest BCUT2D eigenvalue weighted by Gasteiger charge is -2.35. The van der Waals surface area contributed by atoms with Gasteiger partial charge in [-0.25, -0.2) is 4.98 Å². The average Bonchev–Trinajstić information content (AvgIpc) is 3.40. The van der Waals surface area contributed by atoms with Gasteiger partial charge in [0.1, 0.15) is 11.6 Å². The molecule has 3 aromatic rings. The number of fused-ring (bicyclic) bond motifs is 1. The van der Waals surface area contributed by atoms with Crippen molar-refractivity contribution in [3.63, 3.8) is 0 Å². The lowest BCUT2D eigenvalue weighted by atomic mass is 9.79. The molecule has 0 radical (unpaired) electrons. The van der Waals surface area contributed by atoms with Crippen LogP contribution in [0.3, 0.4) is 0 Å². The maximum absolute atomic E-state index is 12.5. The van der Waals surface area contributed by atoms with Crippen molar-refractivity contribution in [3.05, 3.63) is 59.7 Å². The van der Waals surface area contributed by atoms with Crippen LogP contribution >= 0.6 is 0 Å². The summed E-state index contributed by atoms with van der Waals surface area (Å²) in [5, 5.41) is 11.8. The van der Waals surface area contributed by atoms with E-state index < -0.39 is 0 Å². The highest BCUT2D eigenvalue weighted by atomic mass is 16.5. The molecule has 0 unspecified atom stereocenters. The van der Waals surface area contributed by atoms with E-state index in [1.807, 2.05) is 36.0 Å². The molecule has 0 bridgehead atoms. The Bertz CT molecular complexity index is 1000. The number of imidazole rings is 1. The smallest absolute Gasteiger partial charge is 0.251 e. The number of carbonyl (C=O) groups excluding carboxylic acids is 1. The van der Waals surface area contributed by atoms with E-state index in [-0.39, 0.29) is 11.9 Å². The fraction of sp³-hybridized carbons (Fsp3) is 0.400. The van der Waals surface area contributed by atoms with Crippen molar-refractivity contribution in [3.8, 4) is 5.75 Å². The summed E-state index contributed by atoms with van der Waals surface area (Å²) in [4.78, 5) is 16.6. The van der Waals surface area contributed by atoms with Crippen LogP contribution in [0.25, 0.3) is 0 Å². The number of hydrogen-bond acceptors (Lipinski definition) is 5. The van der Waals surface area contributed by atoms with E-state index in [0.717, 1.165) is 42.2 Å². The van der Waals surface area contributed by atoms with Gasteiger partial charge in [0.15, 0.2) is 5.82 Å². The molecule has 144 valence electrons. The van der Waals surface area contributed by atoms with Crippen molar-refractivity contribution >= 4 is 5.91 Å². The minimum Gasteiger partial charge on any atom is -0.493 e. The van der Waals surface area contributed by atoms with Gasteiger partial charge in [-0.2, -0.15) is 0 Å². The number of ether oxygens (including phenoxy) is 1. The van der Waals surface area contributed by atoms with Crippen LogP contribution in [-0.4, -0.2) is 42.9 Å². The summed E-state index contributed by atoms with van der Waals surface area (Å²) < 4.78 is 9.53. The van der Waals surface area contributed by atoms with Gasteiger partial charge in [0.2, 0.25) is 0 Å². The Kier molecular flexibility index (Phi) is 4.11. The summed E-state index contributed by atoms with van der Waals surface area (Å²) in [6.07, 6.45) is 8.08. The third kappa shape index (κ3) is 3.04. The van der Waals surface area contributed by atoms with Crippen LogP contribution in [-0.2, 0) is 20.0 Å². The topological polar surface area (TPSA) is 86.9 Å². The van der Waals surface area contributed by atoms with Gasteiger partial charge in [-0.1, -0.05) is 0 Å². The fourth-order valence-electron chi connectivity index (χ4n) is 3.96. The average molecular weight is 378 g/mol. The van der Waals surface area contributed by atoms with Crippen LogP contribution in [0.15, 0.2) is 36.9 Å². The van der Waals surface area contributed by atoms with Crippen LogP contribution in [0.4, 0.5) is 0 Å². The molecule has 1 aliphatic carbocycles. The van der Waals surface area contributed by atoms with Crippen LogP contribution in [0.2, 0.25) is 0 Å². The highest BCUT2D eigenvalue weighted by molar-refractivity contribution is 5.94. The van der Waals surface area contributed by atoms with Gasteiger partial charge in [-0.3, -0.25) is 4.79 Å². The number of nitrogens with one attached hydrogen (secondary N) is 1. The zero-order valence-corrected chi connectivity index (χ0v) is 15.7. The zero-order valence-electron chi connectivity index (χ0n) is 15.7. The van der Waals surface area contributed by atoms with Crippen LogP contribution in [0.1, 0.15) is 46.3 Å². The summed E-state index contributed by atoms with van der Waals surface area (Å²) >= 11 is 0. The van der Waals surface area contributed by atoms with Gasteiger partial charge >= 0.3 is 0 Å². The number of rotatable bonds is 5. The van der Waals surface area contributed by atoms with E-state index in [1.54, 1.807) is 12.5 Å². The highest BCUT2D eigenvalue weighted by Gasteiger charge is 2.35. The Morgan fingerprint density at radius 1 is 1.32 bits per heavy atom. The zero-order chi connectivity index (χ0) is 19.1. The maximum Gasteiger partial charge on any atom is 0.251 e. The molecule has 1 aromatic carbocycles. The lowest BCUT2D eigenvalue weighted by Crippen LogP contribution is -2.44. The van der Waals surface area contributed by atoms with Crippen LogP contribution in [0, 0.1) is 0 Å². The van der Waals surface area contributed by atoms with Gasteiger partial charge in [0.25, 0.3) is 5.91 Å². The number of nitrogens with zero attached hydrogens (tertiary/aromatic N) is 5. The second-order valence-corrected chi connectivity index (χ2v) is 7.53. The molecule has 0 spiro atoms. The number of amides is 1. The highest BCUT2D eigenvalue weighted by Crippen LogP contribution is 2.36. The molecular weight excluding hydrogens is 356 g/mol. The molecule has 8 heteroatoms. The normalized spacial score (nSPS) is 20.3. The van der Waals surface area contributed by atoms with Gasteiger partial charge in [-0.15, -0.1) is 10.2 Å². The van der Waals surface area contributed by atoms with Crippen molar-refractivity contribution in [2.24, 2.45) is 7.05 Å².